The van der Waals surface area contributed by atoms with Crippen LogP contribution in [-0.4, -0.2) is 42.8 Å². The molecule has 0 amide bonds. The molecule has 2 aromatic rings. The third-order valence-corrected chi connectivity index (χ3v) is 4.49. The molecule has 2 aromatic carbocycles. The van der Waals surface area contributed by atoms with Crippen LogP contribution in [0, 0.1) is 5.41 Å². The third-order valence-electron chi connectivity index (χ3n) is 4.49. The summed E-state index contributed by atoms with van der Waals surface area (Å²) in [5.74, 6) is -0.00167. The lowest BCUT2D eigenvalue weighted by Gasteiger charge is -2.20. The summed E-state index contributed by atoms with van der Waals surface area (Å²) in [5, 5.41) is 20.3. The summed E-state index contributed by atoms with van der Waals surface area (Å²) < 4.78 is 16.9. The first-order chi connectivity index (χ1) is 14.0. The van der Waals surface area contributed by atoms with Gasteiger partial charge in [-0.3, -0.25) is 5.41 Å². The molecule has 0 unspecified atom stereocenters. The van der Waals surface area contributed by atoms with Gasteiger partial charge in [-0.25, -0.2) is 4.79 Å². The Morgan fingerprint density at radius 3 is 2.62 bits per heavy atom. The summed E-state index contributed by atoms with van der Waals surface area (Å²) in [7, 11) is 0. The van der Waals surface area contributed by atoms with Crippen molar-refractivity contribution in [1.29, 1.82) is 5.41 Å². The van der Waals surface area contributed by atoms with E-state index >= 15 is 0 Å². The van der Waals surface area contributed by atoms with Crippen LogP contribution in [0.3, 0.4) is 0 Å². The number of nitrogens with one attached hydrogen (secondary N) is 2. The maximum Gasteiger partial charge on any atom is 0.330 e. The molecule has 0 aromatic heterocycles. The average molecular weight is 399 g/mol. The SMILES string of the molecule is CCOc1cc(O[C@H]2CCOC2)cc([C@@H](Nc2ccc(C(=N)N)cc2)C(=O)O)c1. The van der Waals surface area contributed by atoms with E-state index < -0.39 is 12.0 Å². The van der Waals surface area contributed by atoms with Gasteiger partial charge < -0.3 is 30.4 Å². The minimum Gasteiger partial charge on any atom is -0.494 e. The fourth-order valence-corrected chi connectivity index (χ4v) is 3.08. The molecular weight excluding hydrogens is 374 g/mol. The second-order valence-electron chi connectivity index (χ2n) is 6.68. The molecule has 154 valence electrons. The molecule has 2 atom stereocenters. The first-order valence-corrected chi connectivity index (χ1v) is 9.42. The highest BCUT2D eigenvalue weighted by atomic mass is 16.5. The highest BCUT2D eigenvalue weighted by molar-refractivity contribution is 5.95. The number of benzene rings is 2. The van der Waals surface area contributed by atoms with Gasteiger partial charge in [-0.1, -0.05) is 0 Å². The molecule has 3 rings (SSSR count). The number of carboxylic acid groups (broad SMARTS) is 1. The highest BCUT2D eigenvalue weighted by Gasteiger charge is 2.23. The van der Waals surface area contributed by atoms with Crippen molar-refractivity contribution in [3.05, 3.63) is 53.6 Å². The Bertz CT molecular complexity index is 863. The van der Waals surface area contributed by atoms with E-state index in [9.17, 15) is 9.90 Å². The number of carbonyl (C=O) groups is 1. The molecule has 0 bridgehead atoms. The van der Waals surface area contributed by atoms with Crippen molar-refractivity contribution in [2.45, 2.75) is 25.5 Å². The standard InChI is InChI=1S/C21H25N3O5/c1-2-28-17-9-14(10-18(11-17)29-16-7-8-27-12-16)19(21(25)26)24-15-5-3-13(4-6-15)20(22)23/h3-6,9-11,16,19,24H,2,7-8,12H2,1H3,(H3,22,23)(H,25,26)/t16-,19+/m0/s1. The minimum absolute atomic E-state index is 0.0477. The van der Waals surface area contributed by atoms with E-state index in [4.69, 9.17) is 25.4 Å². The van der Waals surface area contributed by atoms with Crippen LogP contribution in [0.4, 0.5) is 5.69 Å². The number of anilines is 1. The molecule has 8 nitrogen and oxygen atoms in total. The number of aliphatic carboxylic acids is 1. The van der Waals surface area contributed by atoms with Crippen molar-refractivity contribution in [2.75, 3.05) is 25.1 Å². The van der Waals surface area contributed by atoms with Gasteiger partial charge in [-0.15, -0.1) is 0 Å². The van der Waals surface area contributed by atoms with E-state index in [1.807, 2.05) is 6.92 Å². The molecule has 1 aliphatic rings. The van der Waals surface area contributed by atoms with E-state index in [0.29, 0.717) is 48.1 Å². The number of hydrogen-bond donors (Lipinski definition) is 4. The molecule has 1 heterocycles. The highest BCUT2D eigenvalue weighted by Crippen LogP contribution is 2.30. The summed E-state index contributed by atoms with van der Waals surface area (Å²) >= 11 is 0. The Balaban J connectivity index is 1.87. The lowest BCUT2D eigenvalue weighted by Crippen LogP contribution is -2.21. The summed E-state index contributed by atoms with van der Waals surface area (Å²) in [6, 6.07) is 10.8. The Kier molecular flexibility index (Phi) is 6.56. The number of nitrogens with two attached hydrogens (primary N) is 1. The van der Waals surface area contributed by atoms with Crippen molar-refractivity contribution in [3.63, 3.8) is 0 Å². The van der Waals surface area contributed by atoms with E-state index in [-0.39, 0.29) is 11.9 Å². The van der Waals surface area contributed by atoms with Gasteiger partial charge in [0.05, 0.1) is 19.8 Å². The lowest BCUT2D eigenvalue weighted by molar-refractivity contribution is -0.138. The molecule has 29 heavy (non-hydrogen) atoms. The Morgan fingerprint density at radius 1 is 1.31 bits per heavy atom. The molecule has 0 aliphatic carbocycles. The van der Waals surface area contributed by atoms with Gasteiger partial charge in [-0.2, -0.15) is 0 Å². The number of hydrogen-bond acceptors (Lipinski definition) is 6. The van der Waals surface area contributed by atoms with E-state index in [0.717, 1.165) is 6.42 Å². The van der Waals surface area contributed by atoms with Gasteiger partial charge in [0, 0.05) is 23.7 Å². The number of amidine groups is 1. The molecule has 5 N–H and O–H groups in total. The maximum absolute atomic E-state index is 12.0. The zero-order chi connectivity index (χ0) is 20.8. The quantitative estimate of drug-likeness (QED) is 0.377. The third kappa shape index (κ3) is 5.39. The number of ether oxygens (including phenoxy) is 3. The summed E-state index contributed by atoms with van der Waals surface area (Å²) in [6.07, 6.45) is 0.729. The van der Waals surface area contributed by atoms with E-state index in [1.165, 1.54) is 0 Å². The Labute approximate surface area is 169 Å². The molecule has 0 radical (unpaired) electrons. The predicted octanol–water partition coefficient (Wildman–Crippen LogP) is 2.77. The molecule has 8 heteroatoms. The van der Waals surface area contributed by atoms with Crippen molar-refractivity contribution in [2.24, 2.45) is 5.73 Å². The van der Waals surface area contributed by atoms with Crippen LogP contribution in [0.5, 0.6) is 11.5 Å². The molecule has 0 saturated carbocycles. The molecule has 1 saturated heterocycles. The first kappa shape index (κ1) is 20.5. The topological polar surface area (TPSA) is 127 Å². The van der Waals surface area contributed by atoms with E-state index in [1.54, 1.807) is 42.5 Å². The summed E-state index contributed by atoms with van der Waals surface area (Å²) in [6.45, 7) is 3.48. The number of nitrogen functional groups attached to an aromatic ring is 1. The van der Waals surface area contributed by atoms with Crippen molar-refractivity contribution in [3.8, 4) is 11.5 Å². The van der Waals surface area contributed by atoms with Crippen LogP contribution >= 0.6 is 0 Å². The van der Waals surface area contributed by atoms with Gasteiger partial charge in [0.15, 0.2) is 6.04 Å². The average Bonchev–Trinajstić information content (AvgIpc) is 3.19. The Morgan fingerprint density at radius 2 is 2.03 bits per heavy atom. The van der Waals surface area contributed by atoms with Gasteiger partial charge in [0.25, 0.3) is 0 Å². The van der Waals surface area contributed by atoms with Crippen LogP contribution < -0.4 is 20.5 Å². The fourth-order valence-electron chi connectivity index (χ4n) is 3.08. The van der Waals surface area contributed by atoms with Crippen molar-refractivity contribution in [1.82, 2.24) is 0 Å². The second kappa shape index (κ2) is 9.29. The minimum atomic E-state index is -1.04. The number of carboxylic acids is 1. The molecule has 1 aliphatic heterocycles. The number of rotatable bonds is 9. The van der Waals surface area contributed by atoms with Crippen LogP contribution in [-0.2, 0) is 9.53 Å². The van der Waals surface area contributed by atoms with Crippen LogP contribution in [0.2, 0.25) is 0 Å². The van der Waals surface area contributed by atoms with Gasteiger partial charge in [0.2, 0.25) is 0 Å². The normalized spacial score (nSPS) is 16.8. The lowest BCUT2D eigenvalue weighted by atomic mass is 10.0. The maximum atomic E-state index is 12.0. The van der Waals surface area contributed by atoms with E-state index in [2.05, 4.69) is 5.32 Å². The largest absolute Gasteiger partial charge is 0.494 e. The summed E-state index contributed by atoms with van der Waals surface area (Å²) in [5.41, 5.74) is 7.13. The molecule has 0 spiro atoms. The van der Waals surface area contributed by atoms with Crippen molar-refractivity contribution < 1.29 is 24.1 Å². The van der Waals surface area contributed by atoms with Gasteiger partial charge >= 0.3 is 5.97 Å². The second-order valence-corrected chi connectivity index (χ2v) is 6.68. The fraction of sp³-hybridized carbons (Fsp3) is 0.333. The Hall–Kier alpha value is -3.26. The monoisotopic (exact) mass is 399 g/mol. The molecular formula is C21H25N3O5. The van der Waals surface area contributed by atoms with Crippen LogP contribution in [0.25, 0.3) is 0 Å². The van der Waals surface area contributed by atoms with Crippen molar-refractivity contribution >= 4 is 17.5 Å². The zero-order valence-corrected chi connectivity index (χ0v) is 16.2. The van der Waals surface area contributed by atoms with Crippen LogP contribution in [0.15, 0.2) is 42.5 Å². The van der Waals surface area contributed by atoms with Crippen LogP contribution in [0.1, 0.15) is 30.5 Å². The summed E-state index contributed by atoms with van der Waals surface area (Å²) in [4.78, 5) is 12.0. The molecule has 1 fully saturated rings. The van der Waals surface area contributed by atoms with Gasteiger partial charge in [0.1, 0.15) is 23.4 Å². The zero-order valence-electron chi connectivity index (χ0n) is 16.2. The predicted molar refractivity (Wildman–Crippen MR) is 109 cm³/mol. The van der Waals surface area contributed by atoms with Gasteiger partial charge in [-0.05, 0) is 48.9 Å². The first-order valence-electron chi connectivity index (χ1n) is 9.42. The smallest absolute Gasteiger partial charge is 0.330 e.